The number of hydrogen-bond donors (Lipinski definition) is 8. The summed E-state index contributed by atoms with van der Waals surface area (Å²) in [6, 6.07) is 0. The van der Waals surface area contributed by atoms with E-state index in [1.54, 1.807) is 0 Å². The highest BCUT2D eigenvalue weighted by molar-refractivity contribution is 8.31. The summed E-state index contributed by atoms with van der Waals surface area (Å²) in [6.07, 6.45) is 4.62. The second-order valence-corrected chi connectivity index (χ2v) is 27.5. The predicted molar refractivity (Wildman–Crippen MR) is 235 cm³/mol. The lowest BCUT2D eigenvalue weighted by atomic mass is 9.82. The first-order valence-electron chi connectivity index (χ1n) is 11.6. The van der Waals surface area contributed by atoms with Gasteiger partial charge in [0.1, 0.15) is 0 Å². The standard InChI is InChI=1S/C20H40S18/c21-5-29-17(30-6-22)3-19(33-9-25)37-11-35-16(1-13-14(27)2-15(13)28)36-12-38-20(34-10-26)4-18(31-7-23)32-8-24/h13-28H,1-12H2. The molecule has 0 aromatic heterocycles. The van der Waals surface area contributed by atoms with Crippen LogP contribution in [-0.2, 0) is 0 Å². The molecule has 0 N–H and O–H groups in total. The van der Waals surface area contributed by atoms with Crippen LogP contribution in [0.4, 0.5) is 0 Å². The summed E-state index contributed by atoms with van der Waals surface area (Å²) in [7, 11) is 0. The zero-order chi connectivity index (χ0) is 28.2. The maximum Gasteiger partial charge on any atom is 0.0537 e. The zero-order valence-electron chi connectivity index (χ0n) is 20.8. The lowest BCUT2D eigenvalue weighted by molar-refractivity contribution is 0.339. The topological polar surface area (TPSA) is 0 Å². The van der Waals surface area contributed by atoms with Gasteiger partial charge in [-0.15, -0.1) is 118 Å². The molecule has 0 spiro atoms. The highest BCUT2D eigenvalue weighted by atomic mass is 32.3. The minimum Gasteiger partial charge on any atom is -0.176 e. The average Bonchev–Trinajstić information content (AvgIpc) is 2.87. The predicted octanol–water partition coefficient (Wildman–Crippen LogP) is 11.0. The van der Waals surface area contributed by atoms with E-state index in [2.05, 4.69) is 123 Å². The lowest BCUT2D eigenvalue weighted by Gasteiger charge is -2.41. The first-order valence-corrected chi connectivity index (χ1v) is 26.9. The van der Waals surface area contributed by atoms with E-state index in [9.17, 15) is 0 Å². The average molecular weight is 858 g/mol. The van der Waals surface area contributed by atoms with E-state index in [4.69, 9.17) is 25.3 Å². The Morgan fingerprint density at radius 3 is 1.03 bits per heavy atom. The van der Waals surface area contributed by atoms with Gasteiger partial charge in [0.25, 0.3) is 0 Å². The molecule has 1 saturated carbocycles. The molecule has 4 unspecified atom stereocenters. The highest BCUT2D eigenvalue weighted by Crippen LogP contribution is 2.47. The van der Waals surface area contributed by atoms with E-state index < -0.39 is 0 Å². The molecule has 0 aromatic rings. The van der Waals surface area contributed by atoms with E-state index in [-0.39, 0.29) is 0 Å². The summed E-state index contributed by atoms with van der Waals surface area (Å²) < 4.78 is 2.74. The molecule has 18 heteroatoms. The maximum atomic E-state index is 4.84. The number of thiol groups is 8. The van der Waals surface area contributed by atoms with Gasteiger partial charge in [0, 0.05) is 51.2 Å². The Balaban J connectivity index is 2.67. The second-order valence-electron chi connectivity index (χ2n) is 7.57. The van der Waals surface area contributed by atoms with E-state index in [1.807, 2.05) is 70.6 Å². The number of hydrogen-bond acceptors (Lipinski definition) is 18. The van der Waals surface area contributed by atoms with Crippen LogP contribution in [0, 0.1) is 5.92 Å². The van der Waals surface area contributed by atoms with Crippen LogP contribution in [0.2, 0.25) is 0 Å². The van der Waals surface area contributed by atoms with E-state index >= 15 is 0 Å². The van der Waals surface area contributed by atoms with Gasteiger partial charge in [-0.3, -0.25) is 0 Å². The van der Waals surface area contributed by atoms with Crippen molar-refractivity contribution in [3.05, 3.63) is 0 Å². The van der Waals surface area contributed by atoms with Crippen molar-refractivity contribution in [3.63, 3.8) is 0 Å². The van der Waals surface area contributed by atoms with Crippen LogP contribution in [0.1, 0.15) is 25.7 Å². The van der Waals surface area contributed by atoms with Gasteiger partial charge >= 0.3 is 0 Å². The van der Waals surface area contributed by atoms with Gasteiger partial charge in [-0.25, -0.2) is 0 Å². The summed E-state index contributed by atoms with van der Waals surface area (Å²) in [5, 5.41) is 8.32. The minimum atomic E-state index is 0.496. The lowest BCUT2D eigenvalue weighted by Crippen LogP contribution is -2.40. The smallest absolute Gasteiger partial charge is 0.0537 e. The summed E-state index contributed by atoms with van der Waals surface area (Å²) in [5.74, 6) is 0.609. The fraction of sp³-hybridized carbons (Fsp3) is 1.00. The molecule has 1 aliphatic carbocycles. The largest absolute Gasteiger partial charge is 0.176 e. The summed E-state index contributed by atoms with van der Waals surface area (Å²) in [4.78, 5) is 0. The third-order valence-corrected chi connectivity index (χ3v) is 22.0. The van der Waals surface area contributed by atoms with Crippen LogP contribution < -0.4 is 0 Å². The molecule has 38 heavy (non-hydrogen) atoms. The quantitative estimate of drug-likeness (QED) is 0.0312. The molecular formula is C20H40S18. The molecule has 4 atom stereocenters. The summed E-state index contributed by atoms with van der Waals surface area (Å²) in [6.45, 7) is 0. The first kappa shape index (κ1) is 42.3. The molecule has 1 aliphatic rings. The zero-order valence-corrected chi connectivity index (χ0v) is 36.1. The van der Waals surface area contributed by atoms with Crippen LogP contribution in [0.15, 0.2) is 0 Å². The van der Waals surface area contributed by atoms with Gasteiger partial charge < -0.3 is 0 Å². The molecule has 0 nitrogen and oxygen atoms in total. The molecule has 228 valence electrons. The Hall–Kier alpha value is 6.30. The Morgan fingerprint density at radius 1 is 0.447 bits per heavy atom. The third kappa shape index (κ3) is 19.8. The van der Waals surface area contributed by atoms with Crippen molar-refractivity contribution in [2.45, 2.75) is 59.1 Å². The fourth-order valence-corrected chi connectivity index (χ4v) is 23.3. The summed E-state index contributed by atoms with van der Waals surface area (Å²) in [5.41, 5.74) is 0. The van der Waals surface area contributed by atoms with Crippen LogP contribution in [0.3, 0.4) is 0 Å². The van der Waals surface area contributed by atoms with Crippen molar-refractivity contribution in [2.75, 3.05) is 40.7 Å². The molecular weight excluding hydrogens is 817 g/mol. The highest BCUT2D eigenvalue weighted by Gasteiger charge is 2.38. The van der Waals surface area contributed by atoms with Gasteiger partial charge in [-0.1, -0.05) is 0 Å². The second kappa shape index (κ2) is 28.3. The van der Waals surface area contributed by atoms with E-state index in [0.717, 1.165) is 59.9 Å². The van der Waals surface area contributed by atoms with Gasteiger partial charge in [-0.05, 0) is 31.6 Å². The molecule has 0 heterocycles. The molecule has 1 fully saturated rings. The number of thioether (sulfide) groups is 10. The monoisotopic (exact) mass is 856 g/mol. The Kier molecular flexibility index (Phi) is 31.5. The Bertz CT molecular complexity index is 492. The van der Waals surface area contributed by atoms with Crippen molar-refractivity contribution >= 4 is 219 Å². The Morgan fingerprint density at radius 2 is 0.737 bits per heavy atom. The number of rotatable bonds is 26. The van der Waals surface area contributed by atoms with Crippen LogP contribution in [0.25, 0.3) is 0 Å². The van der Waals surface area contributed by atoms with Gasteiger partial charge in [-0.2, -0.15) is 101 Å². The fourth-order valence-electron chi connectivity index (χ4n) is 3.31. The molecule has 0 radical (unpaired) electrons. The SMILES string of the molecule is SCSC(CC(SCS)SCSC(CC1C(S)CC1S)SCSC(CC(SCS)SCS)SCS)SCS. The van der Waals surface area contributed by atoms with Crippen molar-refractivity contribution in [3.8, 4) is 0 Å². The van der Waals surface area contributed by atoms with Crippen LogP contribution in [-0.4, -0.2) is 74.1 Å². The third-order valence-electron chi connectivity index (χ3n) is 5.28. The van der Waals surface area contributed by atoms with Gasteiger partial charge in [0.05, 0.1) is 22.9 Å². The van der Waals surface area contributed by atoms with Crippen molar-refractivity contribution in [1.82, 2.24) is 0 Å². The normalized spacial score (nSPS) is 22.1. The van der Waals surface area contributed by atoms with Crippen molar-refractivity contribution in [2.24, 2.45) is 5.92 Å². The molecule has 1 rings (SSSR count). The maximum absolute atomic E-state index is 4.84. The molecule has 0 aromatic carbocycles. The van der Waals surface area contributed by atoms with Crippen molar-refractivity contribution < 1.29 is 0 Å². The molecule has 0 aliphatic heterocycles. The van der Waals surface area contributed by atoms with Gasteiger partial charge in [0.15, 0.2) is 0 Å². The first-order chi connectivity index (χ1) is 18.4. The van der Waals surface area contributed by atoms with Crippen molar-refractivity contribution in [1.29, 1.82) is 0 Å². The van der Waals surface area contributed by atoms with E-state index in [0.29, 0.717) is 39.3 Å². The molecule has 0 bridgehead atoms. The molecule has 0 saturated heterocycles. The van der Waals surface area contributed by atoms with Crippen LogP contribution in [0.5, 0.6) is 0 Å². The van der Waals surface area contributed by atoms with E-state index in [1.165, 1.54) is 6.42 Å². The summed E-state index contributed by atoms with van der Waals surface area (Å²) >= 11 is 56.5. The molecule has 0 amide bonds. The van der Waals surface area contributed by atoms with Gasteiger partial charge in [0.2, 0.25) is 0 Å². The van der Waals surface area contributed by atoms with Crippen LogP contribution >= 0.6 is 219 Å². The minimum absolute atomic E-state index is 0.496. The Labute approximate surface area is 319 Å².